The van der Waals surface area contributed by atoms with Crippen LogP contribution in [-0.4, -0.2) is 30.0 Å². The van der Waals surface area contributed by atoms with E-state index in [1.54, 1.807) is 30.6 Å². The number of nitrogens with zero attached hydrogens (tertiary/aromatic N) is 4. The number of hydrogen-bond donors (Lipinski definition) is 3. The van der Waals surface area contributed by atoms with Crippen molar-refractivity contribution < 1.29 is 9.50 Å². The molecule has 3 N–H and O–H groups in total. The summed E-state index contributed by atoms with van der Waals surface area (Å²) in [4.78, 5) is 20.2. The molecule has 0 saturated heterocycles. The molecular weight excluding hydrogens is 371 g/mol. The van der Waals surface area contributed by atoms with Crippen molar-refractivity contribution in [3.05, 3.63) is 72.6 Å². The Labute approximate surface area is 164 Å². The first-order chi connectivity index (χ1) is 14.2. The number of nitrogens with one attached hydrogen (secondary N) is 2. The molecule has 2 aromatic carbocycles. The number of hydrogen-bond acceptors (Lipinski definition) is 6. The van der Waals surface area contributed by atoms with Gasteiger partial charge in [0.2, 0.25) is 0 Å². The third-order valence-corrected chi connectivity index (χ3v) is 4.67. The van der Waals surface area contributed by atoms with Gasteiger partial charge in [0.1, 0.15) is 28.9 Å². The van der Waals surface area contributed by atoms with Gasteiger partial charge in [-0.15, -0.1) is 0 Å². The van der Waals surface area contributed by atoms with Crippen LogP contribution >= 0.6 is 0 Å². The number of phenolic OH excluding ortho intramolecular Hbond substituents is 1. The van der Waals surface area contributed by atoms with Crippen molar-refractivity contribution in [2.45, 2.75) is 6.54 Å². The number of halogens is 1. The Hall–Kier alpha value is -4.07. The van der Waals surface area contributed by atoms with E-state index >= 15 is 0 Å². The minimum absolute atomic E-state index is 0.0784. The summed E-state index contributed by atoms with van der Waals surface area (Å²) in [6, 6.07) is 13.4. The maximum absolute atomic E-state index is 13.8. The molecule has 142 valence electrons. The van der Waals surface area contributed by atoms with Crippen LogP contribution in [0.25, 0.3) is 33.3 Å². The maximum Gasteiger partial charge on any atom is 0.182 e. The lowest BCUT2D eigenvalue weighted by molar-refractivity contribution is 0.480. The molecule has 5 rings (SSSR count). The van der Waals surface area contributed by atoms with Crippen molar-refractivity contribution in [3.63, 3.8) is 0 Å². The number of pyridine rings is 1. The zero-order valence-electron chi connectivity index (χ0n) is 15.1. The summed E-state index contributed by atoms with van der Waals surface area (Å²) in [5.74, 6) is 0.332. The van der Waals surface area contributed by atoms with E-state index in [1.165, 1.54) is 18.5 Å². The van der Waals surface area contributed by atoms with Gasteiger partial charge in [0.05, 0.1) is 12.0 Å². The third kappa shape index (κ3) is 3.10. The maximum atomic E-state index is 13.8. The summed E-state index contributed by atoms with van der Waals surface area (Å²) in [5, 5.41) is 14.3. The highest BCUT2D eigenvalue weighted by Crippen LogP contribution is 2.30. The van der Waals surface area contributed by atoms with E-state index in [-0.39, 0.29) is 11.6 Å². The van der Waals surface area contributed by atoms with Crippen molar-refractivity contribution in [2.75, 3.05) is 5.32 Å². The van der Waals surface area contributed by atoms with Gasteiger partial charge in [-0.25, -0.2) is 24.3 Å². The Bertz CT molecular complexity index is 1350. The fraction of sp³-hybridized carbons (Fsp3) is 0.0476. The van der Waals surface area contributed by atoms with Crippen molar-refractivity contribution in [3.8, 4) is 17.0 Å². The number of H-pyrrole nitrogens is 1. The molecular formula is C21H15FN6O. The van der Waals surface area contributed by atoms with Gasteiger partial charge in [-0.1, -0.05) is 24.3 Å². The van der Waals surface area contributed by atoms with Crippen molar-refractivity contribution in [1.29, 1.82) is 0 Å². The van der Waals surface area contributed by atoms with Crippen LogP contribution in [0.1, 0.15) is 5.56 Å². The van der Waals surface area contributed by atoms with E-state index in [0.29, 0.717) is 40.3 Å². The van der Waals surface area contributed by atoms with Gasteiger partial charge in [0, 0.05) is 17.5 Å². The van der Waals surface area contributed by atoms with Gasteiger partial charge >= 0.3 is 0 Å². The van der Waals surface area contributed by atoms with E-state index in [2.05, 4.69) is 30.2 Å². The van der Waals surface area contributed by atoms with Crippen LogP contribution in [0.3, 0.4) is 0 Å². The Kier molecular flexibility index (Phi) is 4.02. The molecule has 0 aliphatic heterocycles. The van der Waals surface area contributed by atoms with Crippen LogP contribution in [-0.2, 0) is 6.54 Å². The normalized spacial score (nSPS) is 11.2. The third-order valence-electron chi connectivity index (χ3n) is 4.67. The van der Waals surface area contributed by atoms with Crippen molar-refractivity contribution >= 4 is 27.9 Å². The van der Waals surface area contributed by atoms with Gasteiger partial charge in [-0.05, 0) is 29.8 Å². The topological polar surface area (TPSA) is 99.6 Å². The molecule has 7 nitrogen and oxygen atoms in total. The summed E-state index contributed by atoms with van der Waals surface area (Å²) >= 11 is 0. The zero-order chi connectivity index (χ0) is 19.8. The lowest BCUT2D eigenvalue weighted by Gasteiger charge is -2.13. The minimum atomic E-state index is -0.351. The summed E-state index contributed by atoms with van der Waals surface area (Å²) in [6.45, 7) is 0.385. The zero-order valence-corrected chi connectivity index (χ0v) is 15.1. The van der Waals surface area contributed by atoms with E-state index in [9.17, 15) is 9.50 Å². The van der Waals surface area contributed by atoms with Crippen LogP contribution in [0.5, 0.6) is 5.75 Å². The number of aromatic nitrogens is 5. The monoisotopic (exact) mass is 386 g/mol. The van der Waals surface area contributed by atoms with Gasteiger partial charge in [-0.2, -0.15) is 0 Å². The summed E-state index contributed by atoms with van der Waals surface area (Å²) in [7, 11) is 0. The number of rotatable bonds is 4. The molecule has 29 heavy (non-hydrogen) atoms. The average Bonchev–Trinajstić information content (AvgIpc) is 3.21. The molecule has 5 aromatic rings. The largest absolute Gasteiger partial charge is 0.506 e. The average molecular weight is 386 g/mol. The fourth-order valence-corrected chi connectivity index (χ4v) is 3.33. The Morgan fingerprint density at radius 2 is 1.93 bits per heavy atom. The van der Waals surface area contributed by atoms with Crippen molar-refractivity contribution in [2.24, 2.45) is 0 Å². The van der Waals surface area contributed by atoms with E-state index in [0.717, 1.165) is 10.9 Å². The first kappa shape index (κ1) is 17.1. The number of anilines is 1. The van der Waals surface area contributed by atoms with Crippen LogP contribution in [0.2, 0.25) is 0 Å². The number of phenols is 1. The Balaban J connectivity index is 1.61. The number of imidazole rings is 1. The van der Waals surface area contributed by atoms with Crippen LogP contribution in [0.4, 0.5) is 10.2 Å². The highest BCUT2D eigenvalue weighted by atomic mass is 19.1. The van der Waals surface area contributed by atoms with Crippen LogP contribution in [0.15, 0.2) is 61.2 Å². The lowest BCUT2D eigenvalue weighted by Crippen LogP contribution is -2.05. The number of aromatic hydroxyl groups is 1. The smallest absolute Gasteiger partial charge is 0.182 e. The lowest BCUT2D eigenvalue weighted by atomic mass is 10.0. The van der Waals surface area contributed by atoms with Gasteiger partial charge < -0.3 is 15.4 Å². The Morgan fingerprint density at radius 3 is 2.83 bits per heavy atom. The molecule has 0 unspecified atom stereocenters. The van der Waals surface area contributed by atoms with Gasteiger partial charge in [0.15, 0.2) is 11.5 Å². The molecule has 8 heteroatoms. The van der Waals surface area contributed by atoms with Gasteiger partial charge in [0.25, 0.3) is 0 Å². The summed E-state index contributed by atoms with van der Waals surface area (Å²) in [5.41, 5.74) is 3.77. The molecule has 3 aromatic heterocycles. The molecule has 0 radical (unpaired) electrons. The molecule has 0 spiro atoms. The molecule has 0 fully saturated rings. The number of para-hydroxylation sites is 1. The second kappa shape index (κ2) is 6.83. The quantitative estimate of drug-likeness (QED) is 0.431. The van der Waals surface area contributed by atoms with E-state index in [4.69, 9.17) is 0 Å². The predicted octanol–water partition coefficient (Wildman–Crippen LogP) is 4.02. The molecule has 0 amide bonds. The number of fused-ring (bicyclic) bond motifs is 2. The Morgan fingerprint density at radius 1 is 1.03 bits per heavy atom. The molecule has 0 aliphatic rings. The first-order valence-corrected chi connectivity index (χ1v) is 8.94. The number of aromatic amines is 1. The second-order valence-electron chi connectivity index (χ2n) is 6.53. The molecule has 0 atom stereocenters. The van der Waals surface area contributed by atoms with Gasteiger partial charge in [-0.3, -0.25) is 0 Å². The highest BCUT2D eigenvalue weighted by molar-refractivity contribution is 5.88. The first-order valence-electron chi connectivity index (χ1n) is 8.94. The van der Waals surface area contributed by atoms with Crippen LogP contribution in [0, 0.1) is 5.82 Å². The number of benzene rings is 2. The minimum Gasteiger partial charge on any atom is -0.506 e. The highest BCUT2D eigenvalue weighted by Gasteiger charge is 2.13. The SMILES string of the molecule is Oc1cccc2cc(CNc3ncnc4nc[nH]c34)c(-c3cccc(F)c3)nc12. The van der Waals surface area contributed by atoms with E-state index in [1.807, 2.05) is 12.1 Å². The molecule has 0 bridgehead atoms. The molecule has 0 aliphatic carbocycles. The fourth-order valence-electron chi connectivity index (χ4n) is 3.33. The van der Waals surface area contributed by atoms with Crippen molar-refractivity contribution in [1.82, 2.24) is 24.9 Å². The summed E-state index contributed by atoms with van der Waals surface area (Å²) < 4.78 is 13.8. The second-order valence-corrected chi connectivity index (χ2v) is 6.53. The van der Waals surface area contributed by atoms with E-state index < -0.39 is 0 Å². The predicted molar refractivity (Wildman–Crippen MR) is 108 cm³/mol. The van der Waals surface area contributed by atoms with Crippen LogP contribution < -0.4 is 5.32 Å². The molecule has 0 saturated carbocycles. The summed E-state index contributed by atoms with van der Waals surface area (Å²) in [6.07, 6.45) is 3.00. The standard InChI is InChI=1S/C21H15FN6O/c22-15-5-1-3-13(8-15)17-14(7-12-4-2-6-16(29)18(12)28-17)9-23-20-19-21(25-10-24-19)27-11-26-20/h1-8,10-11,29H,9H2,(H2,23,24,25,26,27). The molecule has 3 heterocycles.